The predicted molar refractivity (Wildman–Crippen MR) is 75.6 cm³/mol. The van der Waals surface area contributed by atoms with Crippen molar-refractivity contribution >= 4 is 10.0 Å². The van der Waals surface area contributed by atoms with Gasteiger partial charge in [-0.3, -0.25) is 4.90 Å². The van der Waals surface area contributed by atoms with E-state index in [2.05, 4.69) is 4.90 Å². The second-order valence-electron chi connectivity index (χ2n) is 5.85. The Kier molecular flexibility index (Phi) is 5.22. The molecular formula is C13H26N2O3S. The summed E-state index contributed by atoms with van der Waals surface area (Å²) in [6.07, 6.45) is 1.98. The predicted octanol–water partition coefficient (Wildman–Crippen LogP) is 0.769. The number of ether oxygens (including phenoxy) is 1. The van der Waals surface area contributed by atoms with E-state index in [1.54, 1.807) is 18.2 Å². The molecule has 0 radical (unpaired) electrons. The van der Waals surface area contributed by atoms with Crippen molar-refractivity contribution in [2.75, 3.05) is 45.9 Å². The number of sulfonamides is 1. The molecule has 5 nitrogen and oxygen atoms in total. The monoisotopic (exact) mass is 290 g/mol. The zero-order chi connectivity index (χ0) is 13.9. The first-order valence-corrected chi connectivity index (χ1v) is 8.79. The molecule has 0 unspecified atom stereocenters. The molecule has 0 bridgehead atoms. The minimum absolute atomic E-state index is 0.303. The molecule has 0 aromatic carbocycles. The van der Waals surface area contributed by atoms with E-state index in [9.17, 15) is 8.42 Å². The molecule has 0 aromatic rings. The highest BCUT2D eigenvalue weighted by Gasteiger charge is 2.30. The maximum absolute atomic E-state index is 12.1. The minimum Gasteiger partial charge on any atom is -0.379 e. The van der Waals surface area contributed by atoms with E-state index in [1.165, 1.54) is 0 Å². The molecule has 2 heterocycles. The van der Waals surface area contributed by atoms with Crippen LogP contribution < -0.4 is 0 Å². The third-order valence-corrected chi connectivity index (χ3v) is 6.43. The standard InChI is InChI=1S/C13H26N2O3S/c1-12(2)19(16,17)15-5-3-13(4-6-15)11-14-7-9-18-10-8-14/h12-13H,3-11H2,1-2H3. The van der Waals surface area contributed by atoms with Gasteiger partial charge in [-0.25, -0.2) is 12.7 Å². The molecule has 2 aliphatic rings. The molecule has 112 valence electrons. The van der Waals surface area contributed by atoms with Crippen LogP contribution in [-0.4, -0.2) is 68.8 Å². The van der Waals surface area contributed by atoms with E-state index < -0.39 is 10.0 Å². The van der Waals surface area contributed by atoms with Crippen molar-refractivity contribution < 1.29 is 13.2 Å². The first kappa shape index (κ1) is 15.2. The Morgan fingerprint density at radius 1 is 1.11 bits per heavy atom. The average molecular weight is 290 g/mol. The molecule has 2 fully saturated rings. The van der Waals surface area contributed by atoms with Gasteiger partial charge in [-0.15, -0.1) is 0 Å². The Bertz CT molecular complexity index is 369. The van der Waals surface area contributed by atoms with E-state index in [1.807, 2.05) is 0 Å². The largest absolute Gasteiger partial charge is 0.379 e. The lowest BCUT2D eigenvalue weighted by atomic mass is 9.97. The van der Waals surface area contributed by atoms with Gasteiger partial charge in [0.05, 0.1) is 18.5 Å². The average Bonchev–Trinajstić information content (AvgIpc) is 2.40. The fraction of sp³-hybridized carbons (Fsp3) is 1.00. The SMILES string of the molecule is CC(C)S(=O)(=O)N1CCC(CN2CCOCC2)CC1. The molecule has 0 atom stereocenters. The molecule has 0 saturated carbocycles. The van der Waals surface area contributed by atoms with Gasteiger partial charge in [0.2, 0.25) is 10.0 Å². The molecule has 0 aromatic heterocycles. The summed E-state index contributed by atoms with van der Waals surface area (Å²) < 4.78 is 31.2. The third kappa shape index (κ3) is 3.90. The number of hydrogen-bond acceptors (Lipinski definition) is 4. The quantitative estimate of drug-likeness (QED) is 0.767. The third-order valence-electron chi connectivity index (χ3n) is 4.15. The van der Waals surface area contributed by atoms with E-state index in [0.29, 0.717) is 19.0 Å². The number of rotatable bonds is 4. The minimum atomic E-state index is -3.06. The summed E-state index contributed by atoms with van der Waals surface area (Å²) in [4.78, 5) is 2.45. The van der Waals surface area contributed by atoms with Gasteiger partial charge in [0.25, 0.3) is 0 Å². The van der Waals surface area contributed by atoms with Crippen molar-refractivity contribution in [2.24, 2.45) is 5.92 Å². The van der Waals surface area contributed by atoms with Gasteiger partial charge >= 0.3 is 0 Å². The van der Waals surface area contributed by atoms with Gasteiger partial charge in [0, 0.05) is 32.7 Å². The van der Waals surface area contributed by atoms with Crippen LogP contribution in [0.3, 0.4) is 0 Å². The summed E-state index contributed by atoms with van der Waals surface area (Å²) in [5, 5.41) is -0.303. The van der Waals surface area contributed by atoms with Crippen molar-refractivity contribution in [2.45, 2.75) is 31.9 Å². The summed E-state index contributed by atoms with van der Waals surface area (Å²) >= 11 is 0. The lowest BCUT2D eigenvalue weighted by molar-refractivity contribution is 0.0268. The lowest BCUT2D eigenvalue weighted by Gasteiger charge is -2.36. The molecule has 0 amide bonds. The van der Waals surface area contributed by atoms with Crippen molar-refractivity contribution in [3.8, 4) is 0 Å². The molecule has 0 spiro atoms. The fourth-order valence-electron chi connectivity index (χ4n) is 2.79. The Morgan fingerprint density at radius 2 is 1.68 bits per heavy atom. The number of hydrogen-bond donors (Lipinski definition) is 0. The van der Waals surface area contributed by atoms with Crippen LogP contribution in [-0.2, 0) is 14.8 Å². The van der Waals surface area contributed by atoms with Crippen LogP contribution >= 0.6 is 0 Å². The molecule has 6 heteroatoms. The highest BCUT2D eigenvalue weighted by molar-refractivity contribution is 7.89. The maximum Gasteiger partial charge on any atom is 0.216 e. The molecule has 19 heavy (non-hydrogen) atoms. The summed E-state index contributed by atoms with van der Waals surface area (Å²) in [5.74, 6) is 0.636. The molecule has 0 aliphatic carbocycles. The second-order valence-corrected chi connectivity index (χ2v) is 8.34. The van der Waals surface area contributed by atoms with Crippen molar-refractivity contribution in [1.29, 1.82) is 0 Å². The first-order chi connectivity index (χ1) is 9.00. The number of morpholine rings is 1. The Labute approximate surface area is 117 Å². The van der Waals surface area contributed by atoms with E-state index >= 15 is 0 Å². The highest BCUT2D eigenvalue weighted by Crippen LogP contribution is 2.22. The Morgan fingerprint density at radius 3 is 2.21 bits per heavy atom. The lowest BCUT2D eigenvalue weighted by Crippen LogP contribution is -2.45. The van der Waals surface area contributed by atoms with E-state index in [4.69, 9.17) is 4.74 Å². The molecule has 0 N–H and O–H groups in total. The normalized spacial score (nSPS) is 25.0. The Hall–Kier alpha value is -0.170. The van der Waals surface area contributed by atoms with Gasteiger partial charge in [-0.05, 0) is 32.6 Å². The molecule has 2 rings (SSSR count). The fourth-order valence-corrected chi connectivity index (χ4v) is 4.11. The van der Waals surface area contributed by atoms with Crippen LogP contribution in [0.15, 0.2) is 0 Å². The van der Waals surface area contributed by atoms with E-state index in [0.717, 1.165) is 45.7 Å². The second kappa shape index (κ2) is 6.52. The smallest absolute Gasteiger partial charge is 0.216 e. The van der Waals surface area contributed by atoms with Crippen molar-refractivity contribution in [1.82, 2.24) is 9.21 Å². The van der Waals surface area contributed by atoms with Crippen LogP contribution in [0.2, 0.25) is 0 Å². The van der Waals surface area contributed by atoms with Crippen LogP contribution in [0.4, 0.5) is 0 Å². The van der Waals surface area contributed by atoms with Gasteiger partial charge in [0.15, 0.2) is 0 Å². The number of piperidine rings is 1. The van der Waals surface area contributed by atoms with E-state index in [-0.39, 0.29) is 5.25 Å². The Balaban J connectivity index is 1.79. The van der Waals surface area contributed by atoms with Gasteiger partial charge < -0.3 is 4.74 Å². The van der Waals surface area contributed by atoms with Gasteiger partial charge in [-0.1, -0.05) is 0 Å². The first-order valence-electron chi connectivity index (χ1n) is 7.29. The molecule has 2 saturated heterocycles. The van der Waals surface area contributed by atoms with Gasteiger partial charge in [-0.2, -0.15) is 0 Å². The number of nitrogens with zero attached hydrogens (tertiary/aromatic N) is 2. The summed E-state index contributed by atoms with van der Waals surface area (Å²) in [6, 6.07) is 0. The van der Waals surface area contributed by atoms with Crippen molar-refractivity contribution in [3.05, 3.63) is 0 Å². The van der Waals surface area contributed by atoms with Crippen LogP contribution in [0.25, 0.3) is 0 Å². The summed E-state index contributed by atoms with van der Waals surface area (Å²) in [5.41, 5.74) is 0. The van der Waals surface area contributed by atoms with Crippen LogP contribution in [0.5, 0.6) is 0 Å². The summed E-state index contributed by atoms with van der Waals surface area (Å²) in [7, 11) is -3.06. The maximum atomic E-state index is 12.1. The van der Waals surface area contributed by atoms with Crippen LogP contribution in [0, 0.1) is 5.92 Å². The zero-order valence-electron chi connectivity index (χ0n) is 12.0. The molecular weight excluding hydrogens is 264 g/mol. The van der Waals surface area contributed by atoms with Crippen LogP contribution in [0.1, 0.15) is 26.7 Å². The highest BCUT2D eigenvalue weighted by atomic mass is 32.2. The molecule has 2 aliphatic heterocycles. The van der Waals surface area contributed by atoms with Gasteiger partial charge in [0.1, 0.15) is 0 Å². The zero-order valence-corrected chi connectivity index (χ0v) is 12.9. The van der Waals surface area contributed by atoms with Crippen molar-refractivity contribution in [3.63, 3.8) is 0 Å². The topological polar surface area (TPSA) is 49.9 Å². The summed E-state index contributed by atoms with van der Waals surface area (Å²) in [6.45, 7) is 9.70.